The molecule has 0 fully saturated rings. The van der Waals surface area contributed by atoms with Crippen LogP contribution in [-0.4, -0.2) is 21.0 Å². The van der Waals surface area contributed by atoms with E-state index in [1.54, 1.807) is 25.1 Å². The van der Waals surface area contributed by atoms with Gasteiger partial charge >= 0.3 is 0 Å². The maximum absolute atomic E-state index is 13.0. The van der Waals surface area contributed by atoms with Crippen molar-refractivity contribution in [2.75, 3.05) is 0 Å². The van der Waals surface area contributed by atoms with Gasteiger partial charge in [-0.2, -0.15) is 4.98 Å². The molecule has 1 aromatic carbocycles. The van der Waals surface area contributed by atoms with Crippen LogP contribution in [0.4, 0.5) is 4.39 Å². The smallest absolute Gasteiger partial charge is 0.249 e. The van der Waals surface area contributed by atoms with E-state index in [1.807, 2.05) is 12.3 Å². The van der Waals surface area contributed by atoms with E-state index < -0.39 is 6.04 Å². The lowest BCUT2D eigenvalue weighted by Crippen LogP contribution is -2.24. The quantitative estimate of drug-likeness (QED) is 0.706. The number of carbonyl (C=O) groups excluding carboxylic acids is 1. The third-order valence-electron chi connectivity index (χ3n) is 3.32. The zero-order valence-electron chi connectivity index (χ0n) is 13.6. The molecule has 1 atom stereocenters. The van der Waals surface area contributed by atoms with Crippen LogP contribution in [0.15, 0.2) is 40.2 Å². The van der Waals surface area contributed by atoms with Gasteiger partial charge in [0.15, 0.2) is 0 Å². The van der Waals surface area contributed by atoms with Crippen LogP contribution in [0, 0.1) is 12.7 Å². The van der Waals surface area contributed by atoms with Crippen molar-refractivity contribution in [1.29, 1.82) is 0 Å². The number of amides is 1. The van der Waals surface area contributed by atoms with E-state index in [0.717, 1.165) is 10.7 Å². The van der Waals surface area contributed by atoms with E-state index >= 15 is 0 Å². The molecule has 0 saturated heterocycles. The Labute approximate surface area is 147 Å². The molecule has 0 saturated carbocycles. The first-order valence-electron chi connectivity index (χ1n) is 7.51. The average molecular weight is 358 g/mol. The summed E-state index contributed by atoms with van der Waals surface area (Å²) in [6, 6.07) is 5.30. The Morgan fingerprint density at radius 1 is 1.32 bits per heavy atom. The molecule has 1 amide bonds. The molecule has 0 aliphatic heterocycles. The van der Waals surface area contributed by atoms with Crippen molar-refractivity contribution in [3.63, 3.8) is 0 Å². The van der Waals surface area contributed by atoms with Gasteiger partial charge in [0.1, 0.15) is 11.9 Å². The van der Waals surface area contributed by atoms with Crippen LogP contribution in [0.5, 0.6) is 0 Å². The summed E-state index contributed by atoms with van der Waals surface area (Å²) in [4.78, 5) is 20.4. The number of hydrogen-bond acceptors (Lipinski definition) is 6. The van der Waals surface area contributed by atoms with Gasteiger partial charge in [0.25, 0.3) is 0 Å². The van der Waals surface area contributed by atoms with Crippen LogP contribution in [0.1, 0.15) is 29.6 Å². The van der Waals surface area contributed by atoms with E-state index in [4.69, 9.17) is 4.52 Å². The zero-order chi connectivity index (χ0) is 17.8. The third-order valence-corrected chi connectivity index (χ3v) is 4.11. The Hall–Kier alpha value is -2.87. The second kappa shape index (κ2) is 7.35. The molecule has 3 rings (SSSR count). The third kappa shape index (κ3) is 4.36. The number of nitrogens with one attached hydrogen (secondary N) is 1. The highest BCUT2D eigenvalue weighted by Gasteiger charge is 2.16. The predicted octanol–water partition coefficient (Wildman–Crippen LogP) is 3.53. The van der Waals surface area contributed by atoms with Gasteiger partial charge in [-0.3, -0.25) is 4.79 Å². The lowest BCUT2D eigenvalue weighted by Gasteiger charge is -2.06. The van der Waals surface area contributed by atoms with E-state index in [0.29, 0.717) is 11.4 Å². The van der Waals surface area contributed by atoms with Crippen LogP contribution >= 0.6 is 11.3 Å². The number of halogens is 1. The molecule has 1 N–H and O–H groups in total. The fourth-order valence-corrected chi connectivity index (χ4v) is 2.65. The van der Waals surface area contributed by atoms with Gasteiger partial charge in [-0.1, -0.05) is 5.16 Å². The monoisotopic (exact) mass is 358 g/mol. The highest BCUT2D eigenvalue weighted by molar-refractivity contribution is 7.09. The Balaban J connectivity index is 1.63. The molecule has 3 aromatic rings. The Kier molecular flexibility index (Phi) is 4.99. The number of thiazole rings is 1. The summed E-state index contributed by atoms with van der Waals surface area (Å²) >= 11 is 1.52. The molecular weight excluding hydrogens is 343 g/mol. The van der Waals surface area contributed by atoms with Crippen molar-refractivity contribution >= 4 is 23.3 Å². The summed E-state index contributed by atoms with van der Waals surface area (Å²) in [5, 5.41) is 9.40. The van der Waals surface area contributed by atoms with E-state index in [1.165, 1.54) is 29.5 Å². The van der Waals surface area contributed by atoms with Crippen LogP contribution in [0.3, 0.4) is 0 Å². The van der Waals surface area contributed by atoms with E-state index in [-0.39, 0.29) is 17.6 Å². The van der Waals surface area contributed by atoms with Gasteiger partial charge in [-0.25, -0.2) is 9.37 Å². The summed E-state index contributed by atoms with van der Waals surface area (Å²) in [5.74, 6) is -0.0231. The molecule has 0 spiro atoms. The fourth-order valence-electron chi connectivity index (χ4n) is 2.07. The Morgan fingerprint density at radius 2 is 2.08 bits per heavy atom. The Bertz CT molecular complexity index is 902. The number of aryl methyl sites for hydroxylation is 1. The van der Waals surface area contributed by atoms with Gasteiger partial charge in [0.05, 0.1) is 10.7 Å². The first-order chi connectivity index (χ1) is 12.0. The Morgan fingerprint density at radius 3 is 2.76 bits per heavy atom. The molecule has 0 aliphatic carbocycles. The molecule has 0 bridgehead atoms. The molecular formula is C17H15FN4O2S. The normalized spacial score (nSPS) is 12.4. The van der Waals surface area contributed by atoms with Gasteiger partial charge in [0, 0.05) is 17.0 Å². The van der Waals surface area contributed by atoms with Gasteiger partial charge in [-0.05, 0) is 44.2 Å². The van der Waals surface area contributed by atoms with Gasteiger partial charge < -0.3 is 9.84 Å². The minimum atomic E-state index is -0.462. The van der Waals surface area contributed by atoms with Crippen LogP contribution in [0.2, 0.25) is 0 Å². The first-order valence-corrected chi connectivity index (χ1v) is 8.39. The fraction of sp³-hybridized carbons (Fsp3) is 0.176. The summed E-state index contributed by atoms with van der Waals surface area (Å²) in [6.07, 6.45) is 3.05. The SMILES string of the molecule is Cc1nc(C=CC(=O)NC(C)c2nc(-c3ccc(F)cc3)no2)cs1. The second-order valence-electron chi connectivity index (χ2n) is 5.32. The van der Waals surface area contributed by atoms with E-state index in [9.17, 15) is 9.18 Å². The molecule has 1 unspecified atom stereocenters. The van der Waals surface area contributed by atoms with Gasteiger partial charge in [0.2, 0.25) is 17.6 Å². The number of carbonyl (C=O) groups is 1. The average Bonchev–Trinajstić information content (AvgIpc) is 3.23. The van der Waals surface area contributed by atoms with Crippen LogP contribution < -0.4 is 5.32 Å². The number of aromatic nitrogens is 3. The predicted molar refractivity (Wildman–Crippen MR) is 92.1 cm³/mol. The number of benzene rings is 1. The second-order valence-corrected chi connectivity index (χ2v) is 6.38. The highest BCUT2D eigenvalue weighted by atomic mass is 32.1. The number of hydrogen-bond donors (Lipinski definition) is 1. The van der Waals surface area contributed by atoms with Crippen molar-refractivity contribution < 1.29 is 13.7 Å². The van der Waals surface area contributed by atoms with Crippen molar-refractivity contribution in [3.8, 4) is 11.4 Å². The maximum Gasteiger partial charge on any atom is 0.249 e. The standard InChI is InChI=1S/C17H15FN4O2S/c1-10(19-15(23)8-7-14-9-25-11(2)20-14)17-21-16(22-24-17)12-3-5-13(18)6-4-12/h3-10H,1-2H3,(H,19,23). The topological polar surface area (TPSA) is 80.9 Å². The van der Waals surface area contributed by atoms with Crippen LogP contribution in [0.25, 0.3) is 17.5 Å². The molecule has 8 heteroatoms. The minimum Gasteiger partial charge on any atom is -0.341 e. The molecule has 128 valence electrons. The molecule has 2 heterocycles. The minimum absolute atomic E-state index is 0.269. The molecule has 6 nitrogen and oxygen atoms in total. The number of rotatable bonds is 5. The molecule has 0 aliphatic rings. The summed E-state index contributed by atoms with van der Waals surface area (Å²) < 4.78 is 18.1. The summed E-state index contributed by atoms with van der Waals surface area (Å²) in [6.45, 7) is 3.64. The van der Waals surface area contributed by atoms with Crippen molar-refractivity contribution in [2.45, 2.75) is 19.9 Å². The zero-order valence-corrected chi connectivity index (χ0v) is 14.4. The maximum atomic E-state index is 13.0. The van der Waals surface area contributed by atoms with E-state index in [2.05, 4.69) is 20.4 Å². The largest absolute Gasteiger partial charge is 0.341 e. The van der Waals surface area contributed by atoms with Gasteiger partial charge in [-0.15, -0.1) is 11.3 Å². The molecule has 0 radical (unpaired) electrons. The summed E-state index contributed by atoms with van der Waals surface area (Å²) in [7, 11) is 0. The summed E-state index contributed by atoms with van der Waals surface area (Å²) in [5.41, 5.74) is 1.37. The molecule has 2 aromatic heterocycles. The lowest BCUT2D eigenvalue weighted by molar-refractivity contribution is -0.117. The van der Waals surface area contributed by atoms with Crippen molar-refractivity contribution in [1.82, 2.24) is 20.4 Å². The molecule has 25 heavy (non-hydrogen) atoms. The van der Waals surface area contributed by atoms with Crippen LogP contribution in [-0.2, 0) is 4.79 Å². The van der Waals surface area contributed by atoms with Crippen molar-refractivity contribution in [3.05, 3.63) is 58.1 Å². The number of nitrogens with zero attached hydrogens (tertiary/aromatic N) is 3. The lowest BCUT2D eigenvalue weighted by atomic mass is 10.2. The van der Waals surface area contributed by atoms with Crippen molar-refractivity contribution in [2.24, 2.45) is 0 Å². The highest BCUT2D eigenvalue weighted by Crippen LogP contribution is 2.19. The first kappa shape index (κ1) is 17.0.